The van der Waals surface area contributed by atoms with Gasteiger partial charge in [-0.1, -0.05) is 37.9 Å². The van der Waals surface area contributed by atoms with Crippen LogP contribution in [-0.4, -0.2) is 11.7 Å². The van der Waals surface area contributed by atoms with E-state index in [2.05, 4.69) is 31.9 Å². The predicted molar refractivity (Wildman–Crippen MR) is 55.9 cm³/mol. The van der Waals surface area contributed by atoms with E-state index in [-0.39, 0.29) is 12.6 Å². The van der Waals surface area contributed by atoms with E-state index in [4.69, 9.17) is 10.8 Å². The van der Waals surface area contributed by atoms with Crippen molar-refractivity contribution in [1.29, 1.82) is 0 Å². The Morgan fingerprint density at radius 1 is 1.33 bits per heavy atom. The van der Waals surface area contributed by atoms with E-state index in [1.807, 2.05) is 18.2 Å². The van der Waals surface area contributed by atoms with Crippen LogP contribution < -0.4 is 5.73 Å². The fourth-order valence-corrected chi connectivity index (χ4v) is 2.54. The molecule has 2 nitrogen and oxygen atoms in total. The van der Waals surface area contributed by atoms with Crippen molar-refractivity contribution in [3.8, 4) is 0 Å². The summed E-state index contributed by atoms with van der Waals surface area (Å²) in [6, 6.07) is 5.36. The van der Waals surface area contributed by atoms with Crippen molar-refractivity contribution in [2.45, 2.75) is 6.04 Å². The van der Waals surface area contributed by atoms with Gasteiger partial charge in [0.25, 0.3) is 0 Å². The van der Waals surface area contributed by atoms with Gasteiger partial charge in [-0.3, -0.25) is 0 Å². The largest absolute Gasteiger partial charge is 0.394 e. The first kappa shape index (κ1) is 10.2. The van der Waals surface area contributed by atoms with Gasteiger partial charge in [0.15, 0.2) is 0 Å². The lowest BCUT2D eigenvalue weighted by Gasteiger charge is -2.12. The van der Waals surface area contributed by atoms with Gasteiger partial charge in [0.05, 0.1) is 12.6 Å². The van der Waals surface area contributed by atoms with E-state index in [1.165, 1.54) is 0 Å². The minimum absolute atomic E-state index is 0.0544. The van der Waals surface area contributed by atoms with E-state index in [0.29, 0.717) is 0 Å². The van der Waals surface area contributed by atoms with Gasteiger partial charge in [0, 0.05) is 8.95 Å². The number of benzene rings is 1. The number of rotatable bonds is 2. The molecule has 0 spiro atoms. The van der Waals surface area contributed by atoms with Crippen LogP contribution in [-0.2, 0) is 0 Å². The van der Waals surface area contributed by atoms with Gasteiger partial charge in [0.2, 0.25) is 0 Å². The summed E-state index contributed by atoms with van der Waals surface area (Å²) >= 11 is 6.73. The van der Waals surface area contributed by atoms with Gasteiger partial charge < -0.3 is 10.8 Å². The summed E-state index contributed by atoms with van der Waals surface area (Å²) < 4.78 is 1.83. The van der Waals surface area contributed by atoms with Crippen molar-refractivity contribution in [3.63, 3.8) is 0 Å². The molecule has 1 rings (SSSR count). The van der Waals surface area contributed by atoms with Crippen molar-refractivity contribution in [2.24, 2.45) is 5.73 Å². The summed E-state index contributed by atoms with van der Waals surface area (Å²) in [4.78, 5) is 0. The van der Waals surface area contributed by atoms with Crippen LogP contribution in [0.25, 0.3) is 0 Å². The highest BCUT2D eigenvalue weighted by molar-refractivity contribution is 9.11. The van der Waals surface area contributed by atoms with E-state index in [1.54, 1.807) is 0 Å². The molecule has 0 bridgehead atoms. The molecule has 0 radical (unpaired) electrons. The molecule has 0 aromatic heterocycles. The van der Waals surface area contributed by atoms with Crippen LogP contribution in [0.1, 0.15) is 11.6 Å². The van der Waals surface area contributed by atoms with Gasteiger partial charge in [0.1, 0.15) is 0 Å². The topological polar surface area (TPSA) is 46.2 Å². The van der Waals surface area contributed by atoms with Crippen LogP contribution in [0.3, 0.4) is 0 Å². The Labute approximate surface area is 88.0 Å². The highest BCUT2D eigenvalue weighted by Crippen LogP contribution is 2.29. The summed E-state index contributed by atoms with van der Waals surface area (Å²) in [5.41, 5.74) is 6.59. The van der Waals surface area contributed by atoms with Crippen molar-refractivity contribution in [2.75, 3.05) is 6.61 Å². The quantitative estimate of drug-likeness (QED) is 0.878. The lowest BCUT2D eigenvalue weighted by atomic mass is 10.1. The highest BCUT2D eigenvalue weighted by atomic mass is 79.9. The summed E-state index contributed by atoms with van der Waals surface area (Å²) in [6.45, 7) is -0.0544. The molecule has 0 aliphatic rings. The van der Waals surface area contributed by atoms with E-state index in [0.717, 1.165) is 14.5 Å². The Kier molecular flexibility index (Phi) is 3.71. The monoisotopic (exact) mass is 293 g/mol. The molecule has 1 unspecified atom stereocenters. The highest BCUT2D eigenvalue weighted by Gasteiger charge is 2.11. The Bertz CT molecular complexity index is 258. The van der Waals surface area contributed by atoms with Gasteiger partial charge in [-0.2, -0.15) is 0 Å². The molecule has 0 fully saturated rings. The molecular weight excluding hydrogens is 286 g/mol. The molecule has 4 heteroatoms. The van der Waals surface area contributed by atoms with E-state index in [9.17, 15) is 0 Å². The summed E-state index contributed by atoms with van der Waals surface area (Å²) in [6.07, 6.45) is 0. The number of halogens is 2. The molecule has 0 saturated heterocycles. The van der Waals surface area contributed by atoms with Crippen LogP contribution in [0.2, 0.25) is 0 Å². The Morgan fingerprint density at radius 2 is 1.83 bits per heavy atom. The third-order valence-corrected chi connectivity index (χ3v) is 2.95. The van der Waals surface area contributed by atoms with Crippen molar-refractivity contribution >= 4 is 31.9 Å². The maximum absolute atomic E-state index is 8.87. The third kappa shape index (κ3) is 2.07. The second kappa shape index (κ2) is 4.37. The second-order valence-corrected chi connectivity index (χ2v) is 4.13. The standard InChI is InChI=1S/C8H9Br2NO/c9-5-2-1-3-6(10)8(5)7(11)4-12/h1-3,7,12H,4,11H2. The third-order valence-electron chi connectivity index (χ3n) is 1.57. The van der Waals surface area contributed by atoms with Crippen LogP contribution in [0, 0.1) is 0 Å². The van der Waals surface area contributed by atoms with Gasteiger partial charge in [-0.05, 0) is 17.7 Å². The van der Waals surface area contributed by atoms with Crippen LogP contribution in [0.15, 0.2) is 27.1 Å². The van der Waals surface area contributed by atoms with Crippen LogP contribution in [0.5, 0.6) is 0 Å². The number of aliphatic hydroxyl groups is 1. The first-order valence-electron chi connectivity index (χ1n) is 3.47. The van der Waals surface area contributed by atoms with Crippen LogP contribution in [0.4, 0.5) is 0 Å². The maximum atomic E-state index is 8.87. The predicted octanol–water partition coefficient (Wildman–Crippen LogP) is 2.20. The second-order valence-electron chi connectivity index (χ2n) is 2.42. The summed E-state index contributed by atoms with van der Waals surface area (Å²) in [5.74, 6) is 0. The minimum atomic E-state index is -0.338. The fourth-order valence-electron chi connectivity index (χ4n) is 0.956. The molecule has 3 N–H and O–H groups in total. The number of hydrogen-bond acceptors (Lipinski definition) is 2. The minimum Gasteiger partial charge on any atom is -0.394 e. The Hall–Kier alpha value is 0.1000. The number of nitrogens with two attached hydrogens (primary N) is 1. The van der Waals surface area contributed by atoms with Gasteiger partial charge in [-0.25, -0.2) is 0 Å². The Balaban J connectivity index is 3.12. The molecular formula is C8H9Br2NO. The molecule has 0 aliphatic heterocycles. The number of hydrogen-bond donors (Lipinski definition) is 2. The zero-order valence-corrected chi connectivity index (χ0v) is 9.47. The van der Waals surface area contributed by atoms with E-state index >= 15 is 0 Å². The average Bonchev–Trinajstić information content (AvgIpc) is 2.03. The molecule has 0 aliphatic carbocycles. The maximum Gasteiger partial charge on any atom is 0.0625 e. The molecule has 66 valence electrons. The average molecular weight is 295 g/mol. The SMILES string of the molecule is NC(CO)c1c(Br)cccc1Br. The fraction of sp³-hybridized carbons (Fsp3) is 0.250. The van der Waals surface area contributed by atoms with E-state index < -0.39 is 0 Å². The van der Waals surface area contributed by atoms with Gasteiger partial charge in [-0.15, -0.1) is 0 Å². The molecule has 12 heavy (non-hydrogen) atoms. The Morgan fingerprint density at radius 3 is 2.25 bits per heavy atom. The lowest BCUT2D eigenvalue weighted by molar-refractivity contribution is 0.267. The first-order valence-corrected chi connectivity index (χ1v) is 5.05. The summed E-state index contributed by atoms with van der Waals surface area (Å²) in [7, 11) is 0. The lowest BCUT2D eigenvalue weighted by Crippen LogP contribution is -2.15. The normalized spacial score (nSPS) is 13.0. The van der Waals surface area contributed by atoms with Gasteiger partial charge >= 0.3 is 0 Å². The van der Waals surface area contributed by atoms with Crippen LogP contribution >= 0.6 is 31.9 Å². The molecule has 0 heterocycles. The molecule has 0 saturated carbocycles. The molecule has 0 amide bonds. The first-order chi connectivity index (χ1) is 5.66. The van der Waals surface area contributed by atoms with Crippen molar-refractivity contribution in [1.82, 2.24) is 0 Å². The van der Waals surface area contributed by atoms with Crippen molar-refractivity contribution < 1.29 is 5.11 Å². The molecule has 1 aromatic rings. The zero-order valence-electron chi connectivity index (χ0n) is 6.30. The smallest absolute Gasteiger partial charge is 0.0625 e. The summed E-state index contributed by atoms with van der Waals surface area (Å²) in [5, 5.41) is 8.87. The number of aliphatic hydroxyl groups excluding tert-OH is 1. The molecule has 1 atom stereocenters. The zero-order chi connectivity index (χ0) is 9.14. The molecule has 1 aromatic carbocycles. The van der Waals surface area contributed by atoms with Crippen molar-refractivity contribution in [3.05, 3.63) is 32.7 Å².